The Morgan fingerprint density at radius 3 is 2.17 bits per heavy atom. The van der Waals surface area contributed by atoms with Gasteiger partial charge in [-0.15, -0.1) is 0 Å². The van der Waals surface area contributed by atoms with Crippen molar-refractivity contribution in [3.8, 4) is 0 Å². The van der Waals surface area contributed by atoms with E-state index in [9.17, 15) is 27.9 Å². The lowest BCUT2D eigenvalue weighted by molar-refractivity contribution is -0.157. The van der Waals surface area contributed by atoms with Crippen LogP contribution in [0.1, 0.15) is 18.9 Å². The second-order valence-electron chi connectivity index (χ2n) is 4.87. The molecule has 1 aromatic carbocycles. The molecule has 0 radical (unpaired) electrons. The summed E-state index contributed by atoms with van der Waals surface area (Å²) in [6.45, 7) is 1.02. The Morgan fingerprint density at radius 2 is 1.74 bits per heavy atom. The Morgan fingerprint density at radius 1 is 1.17 bits per heavy atom. The van der Waals surface area contributed by atoms with E-state index in [0.717, 1.165) is 6.92 Å². The summed E-state index contributed by atoms with van der Waals surface area (Å²) in [5.41, 5.74) is 0.586. The summed E-state index contributed by atoms with van der Waals surface area (Å²) in [4.78, 5) is 35.7. The van der Waals surface area contributed by atoms with E-state index in [4.69, 9.17) is 4.55 Å². The molecule has 2 amide bonds. The van der Waals surface area contributed by atoms with Gasteiger partial charge in [-0.3, -0.25) is 19.0 Å². The van der Waals surface area contributed by atoms with Crippen LogP contribution in [0.3, 0.4) is 0 Å². The number of hydrogen-bond donors (Lipinski definition) is 2. The van der Waals surface area contributed by atoms with Gasteiger partial charge in [-0.25, -0.2) is 4.79 Å². The fourth-order valence-corrected chi connectivity index (χ4v) is 2.57. The standard InChI is InChI=1S/C14H17NO7S/c1-10(16)15(12(14(18)19)7-8-23(20,21)22)13(17)9-11-5-3-2-4-6-11/h2-6,12H,7-9H2,1H3,(H,18,19)(H,20,21,22)/t12-/m0/s1. The molecule has 0 aromatic heterocycles. The number of hydrogen-bond acceptors (Lipinski definition) is 5. The molecular weight excluding hydrogens is 326 g/mol. The fraction of sp³-hybridized carbons (Fsp3) is 0.357. The highest BCUT2D eigenvalue weighted by Gasteiger charge is 2.33. The SMILES string of the molecule is CC(=O)N(C(=O)Cc1ccccc1)[C@@H](CCS(=O)(=O)O)C(=O)O. The summed E-state index contributed by atoms with van der Waals surface area (Å²) in [6.07, 6.45) is -0.787. The Bertz CT molecular complexity index is 684. The molecule has 1 atom stereocenters. The number of aliphatic carboxylic acids is 1. The fourth-order valence-electron chi connectivity index (χ4n) is 2.05. The van der Waals surface area contributed by atoms with Crippen LogP contribution in [-0.4, -0.2) is 52.6 Å². The molecule has 23 heavy (non-hydrogen) atoms. The average molecular weight is 343 g/mol. The number of benzene rings is 1. The maximum absolute atomic E-state index is 12.3. The van der Waals surface area contributed by atoms with Gasteiger partial charge in [0.25, 0.3) is 10.1 Å². The zero-order valence-electron chi connectivity index (χ0n) is 12.4. The number of imide groups is 1. The Labute approximate surface area is 133 Å². The van der Waals surface area contributed by atoms with E-state index in [1.54, 1.807) is 30.3 Å². The van der Waals surface area contributed by atoms with Gasteiger partial charge in [0.05, 0.1) is 12.2 Å². The van der Waals surface area contributed by atoms with Gasteiger partial charge in [-0.05, 0) is 12.0 Å². The molecule has 2 N–H and O–H groups in total. The third-order valence-electron chi connectivity index (χ3n) is 3.05. The van der Waals surface area contributed by atoms with Gasteiger partial charge in [0.2, 0.25) is 11.8 Å². The molecule has 8 nitrogen and oxygen atoms in total. The Hall–Kier alpha value is -2.26. The molecule has 0 aliphatic rings. The molecule has 0 saturated heterocycles. The second-order valence-corrected chi connectivity index (χ2v) is 6.45. The first-order chi connectivity index (χ1) is 10.6. The monoisotopic (exact) mass is 343 g/mol. The topological polar surface area (TPSA) is 129 Å². The number of nitrogens with zero attached hydrogens (tertiary/aromatic N) is 1. The van der Waals surface area contributed by atoms with Crippen molar-refractivity contribution < 1.29 is 32.5 Å². The lowest BCUT2D eigenvalue weighted by Gasteiger charge is -2.26. The minimum Gasteiger partial charge on any atom is -0.480 e. The molecule has 9 heteroatoms. The van der Waals surface area contributed by atoms with Crippen LogP contribution in [0.2, 0.25) is 0 Å². The van der Waals surface area contributed by atoms with Gasteiger partial charge in [-0.2, -0.15) is 8.42 Å². The summed E-state index contributed by atoms with van der Waals surface area (Å²) in [5, 5.41) is 9.18. The zero-order chi connectivity index (χ0) is 17.6. The first kappa shape index (κ1) is 18.8. The maximum atomic E-state index is 12.3. The van der Waals surface area contributed by atoms with Crippen LogP contribution in [0.15, 0.2) is 30.3 Å². The summed E-state index contributed by atoms with van der Waals surface area (Å²) in [6, 6.07) is 6.74. The summed E-state index contributed by atoms with van der Waals surface area (Å²) < 4.78 is 30.3. The predicted octanol–water partition coefficient (Wildman–Crippen LogP) is 0.335. The van der Waals surface area contributed by atoms with E-state index in [2.05, 4.69) is 0 Å². The molecule has 126 valence electrons. The van der Waals surface area contributed by atoms with Gasteiger partial charge in [-0.1, -0.05) is 30.3 Å². The van der Waals surface area contributed by atoms with Crippen molar-refractivity contribution in [3.05, 3.63) is 35.9 Å². The number of rotatable bonds is 7. The quantitative estimate of drug-likeness (QED) is 0.683. The molecular formula is C14H17NO7S. The van der Waals surface area contributed by atoms with E-state index in [1.807, 2.05) is 0 Å². The van der Waals surface area contributed by atoms with Crippen molar-refractivity contribution in [2.45, 2.75) is 25.8 Å². The number of carbonyl (C=O) groups is 3. The summed E-state index contributed by atoms with van der Waals surface area (Å²) in [7, 11) is -4.41. The molecule has 0 heterocycles. The molecule has 0 unspecified atom stereocenters. The highest BCUT2D eigenvalue weighted by molar-refractivity contribution is 7.85. The molecule has 0 aliphatic heterocycles. The highest BCUT2D eigenvalue weighted by atomic mass is 32.2. The van der Waals surface area contributed by atoms with E-state index in [1.165, 1.54) is 0 Å². The smallest absolute Gasteiger partial charge is 0.326 e. The Kier molecular flexibility index (Phi) is 6.40. The number of carbonyl (C=O) groups excluding carboxylic acids is 2. The van der Waals surface area contributed by atoms with Crippen molar-refractivity contribution in [2.24, 2.45) is 0 Å². The lowest BCUT2D eigenvalue weighted by atomic mass is 10.1. The van der Waals surface area contributed by atoms with E-state index in [0.29, 0.717) is 10.5 Å². The molecule has 0 bridgehead atoms. The summed E-state index contributed by atoms with van der Waals surface area (Å²) >= 11 is 0. The molecule has 0 fully saturated rings. The molecule has 0 spiro atoms. The second kappa shape index (κ2) is 7.84. The number of carboxylic acid groups (broad SMARTS) is 1. The van der Waals surface area contributed by atoms with E-state index in [-0.39, 0.29) is 6.42 Å². The van der Waals surface area contributed by atoms with Crippen LogP contribution >= 0.6 is 0 Å². The maximum Gasteiger partial charge on any atom is 0.326 e. The average Bonchev–Trinajstić information content (AvgIpc) is 2.42. The van der Waals surface area contributed by atoms with E-state index < -0.39 is 46.1 Å². The van der Waals surface area contributed by atoms with E-state index >= 15 is 0 Å². The first-order valence-electron chi connectivity index (χ1n) is 6.66. The molecule has 0 saturated carbocycles. The molecule has 1 rings (SSSR count). The lowest BCUT2D eigenvalue weighted by Crippen LogP contribution is -2.49. The van der Waals surface area contributed by atoms with Crippen molar-refractivity contribution in [1.82, 2.24) is 4.90 Å². The zero-order valence-corrected chi connectivity index (χ0v) is 13.2. The summed E-state index contributed by atoms with van der Waals surface area (Å²) in [5.74, 6) is -3.96. The van der Waals surface area contributed by atoms with Crippen LogP contribution in [0.25, 0.3) is 0 Å². The largest absolute Gasteiger partial charge is 0.480 e. The van der Waals surface area contributed by atoms with Gasteiger partial charge >= 0.3 is 5.97 Å². The van der Waals surface area contributed by atoms with Crippen LogP contribution in [0, 0.1) is 0 Å². The third-order valence-corrected chi connectivity index (χ3v) is 3.80. The van der Waals surface area contributed by atoms with Crippen molar-refractivity contribution in [2.75, 3.05) is 5.75 Å². The first-order valence-corrected chi connectivity index (χ1v) is 8.27. The van der Waals surface area contributed by atoms with Gasteiger partial charge in [0.1, 0.15) is 6.04 Å². The van der Waals surface area contributed by atoms with Crippen molar-refractivity contribution in [3.63, 3.8) is 0 Å². The Balaban J connectivity index is 2.98. The van der Waals surface area contributed by atoms with Crippen LogP contribution < -0.4 is 0 Å². The van der Waals surface area contributed by atoms with Gasteiger partial charge in [0.15, 0.2) is 0 Å². The predicted molar refractivity (Wildman–Crippen MR) is 80.1 cm³/mol. The minimum atomic E-state index is -4.41. The van der Waals surface area contributed by atoms with Gasteiger partial charge < -0.3 is 5.11 Å². The van der Waals surface area contributed by atoms with Crippen molar-refractivity contribution in [1.29, 1.82) is 0 Å². The van der Waals surface area contributed by atoms with Crippen LogP contribution in [0.4, 0.5) is 0 Å². The number of carboxylic acids is 1. The highest BCUT2D eigenvalue weighted by Crippen LogP contribution is 2.11. The van der Waals surface area contributed by atoms with Crippen LogP contribution in [0.5, 0.6) is 0 Å². The minimum absolute atomic E-state index is 0.198. The van der Waals surface area contributed by atoms with Crippen molar-refractivity contribution >= 4 is 27.9 Å². The molecule has 0 aliphatic carbocycles. The van der Waals surface area contributed by atoms with Gasteiger partial charge in [0, 0.05) is 6.92 Å². The number of amides is 2. The van der Waals surface area contributed by atoms with Crippen LogP contribution in [-0.2, 0) is 30.9 Å². The molecule has 1 aromatic rings. The third kappa shape index (κ3) is 6.17. The normalized spacial score (nSPS) is 12.4.